The molecule has 1 aromatic rings. The Balaban J connectivity index is 1.89. The molecule has 0 saturated carbocycles. The zero-order chi connectivity index (χ0) is 10.7. The fourth-order valence-corrected chi connectivity index (χ4v) is 2.74. The van der Waals surface area contributed by atoms with Crippen molar-refractivity contribution in [3.63, 3.8) is 0 Å². The Morgan fingerprint density at radius 1 is 1.67 bits per heavy atom. The van der Waals surface area contributed by atoms with Gasteiger partial charge in [0.1, 0.15) is 6.33 Å². The average molecular weight is 227 g/mol. The van der Waals surface area contributed by atoms with Crippen LogP contribution in [0, 0.1) is 0 Å². The predicted octanol–water partition coefficient (Wildman–Crippen LogP) is 2.13. The third kappa shape index (κ3) is 2.72. The molecule has 15 heavy (non-hydrogen) atoms. The van der Waals surface area contributed by atoms with E-state index in [1.807, 2.05) is 0 Å². The van der Waals surface area contributed by atoms with Crippen molar-refractivity contribution in [3.05, 3.63) is 6.33 Å². The summed E-state index contributed by atoms with van der Waals surface area (Å²) in [6.45, 7) is 5.20. The van der Waals surface area contributed by atoms with Gasteiger partial charge >= 0.3 is 0 Å². The highest BCUT2D eigenvalue weighted by Crippen LogP contribution is 2.23. The van der Waals surface area contributed by atoms with Crippen molar-refractivity contribution in [1.82, 2.24) is 14.8 Å². The number of hydrogen-bond acceptors (Lipinski definition) is 4. The second-order valence-electron chi connectivity index (χ2n) is 4.06. The molecule has 2 rings (SSSR count). The van der Waals surface area contributed by atoms with Gasteiger partial charge in [-0.05, 0) is 26.7 Å². The first-order chi connectivity index (χ1) is 7.27. The van der Waals surface area contributed by atoms with Crippen LogP contribution < -0.4 is 0 Å². The maximum atomic E-state index is 5.57. The first-order valence-corrected chi connectivity index (χ1v) is 6.40. The van der Waals surface area contributed by atoms with E-state index < -0.39 is 0 Å². The molecule has 1 atom stereocenters. The molecule has 0 radical (unpaired) electrons. The quantitative estimate of drug-likeness (QED) is 0.739. The van der Waals surface area contributed by atoms with E-state index in [1.54, 1.807) is 18.1 Å². The molecule has 1 aliphatic heterocycles. The van der Waals surface area contributed by atoms with E-state index in [-0.39, 0.29) is 0 Å². The summed E-state index contributed by atoms with van der Waals surface area (Å²) in [6.07, 6.45) is 4.58. The molecule has 0 bridgehead atoms. The van der Waals surface area contributed by atoms with Crippen molar-refractivity contribution in [2.24, 2.45) is 0 Å². The summed E-state index contributed by atoms with van der Waals surface area (Å²) in [7, 11) is 0. The zero-order valence-electron chi connectivity index (χ0n) is 9.22. The lowest BCUT2D eigenvalue weighted by Crippen LogP contribution is -2.09. The maximum absolute atomic E-state index is 5.57. The molecule has 0 spiro atoms. The standard InChI is InChI=1S/C10H17N3OS/c1-8(2)13-7-11-12-10(13)15-6-9-4-3-5-14-9/h7-9H,3-6H2,1-2H3. The Labute approximate surface area is 94.4 Å². The van der Waals surface area contributed by atoms with Gasteiger partial charge in [0.2, 0.25) is 0 Å². The van der Waals surface area contributed by atoms with Crippen LogP contribution in [0.4, 0.5) is 0 Å². The van der Waals surface area contributed by atoms with E-state index in [0.29, 0.717) is 12.1 Å². The monoisotopic (exact) mass is 227 g/mol. The predicted molar refractivity (Wildman–Crippen MR) is 60.1 cm³/mol. The third-order valence-corrected chi connectivity index (χ3v) is 3.61. The van der Waals surface area contributed by atoms with Crippen molar-refractivity contribution in [2.75, 3.05) is 12.4 Å². The van der Waals surface area contributed by atoms with E-state index >= 15 is 0 Å². The summed E-state index contributed by atoms with van der Waals surface area (Å²) in [6, 6.07) is 0.423. The molecule has 2 heterocycles. The van der Waals surface area contributed by atoms with Gasteiger partial charge in [-0.1, -0.05) is 11.8 Å². The Morgan fingerprint density at radius 2 is 2.53 bits per heavy atom. The van der Waals surface area contributed by atoms with Crippen molar-refractivity contribution >= 4 is 11.8 Å². The highest BCUT2D eigenvalue weighted by Gasteiger charge is 2.17. The lowest BCUT2D eigenvalue weighted by atomic mass is 10.3. The Hall–Kier alpha value is -0.550. The molecule has 5 heteroatoms. The van der Waals surface area contributed by atoms with Gasteiger partial charge in [0.15, 0.2) is 5.16 Å². The van der Waals surface area contributed by atoms with Crippen LogP contribution in [0.5, 0.6) is 0 Å². The van der Waals surface area contributed by atoms with Gasteiger partial charge in [-0.3, -0.25) is 0 Å². The zero-order valence-corrected chi connectivity index (χ0v) is 10.0. The van der Waals surface area contributed by atoms with Crippen LogP contribution in [0.3, 0.4) is 0 Å². The van der Waals surface area contributed by atoms with Gasteiger partial charge in [0, 0.05) is 18.4 Å². The van der Waals surface area contributed by atoms with Crippen LogP contribution in [0.15, 0.2) is 11.5 Å². The molecule has 0 amide bonds. The minimum Gasteiger partial charge on any atom is -0.377 e. The maximum Gasteiger partial charge on any atom is 0.191 e. The van der Waals surface area contributed by atoms with Crippen LogP contribution in [-0.4, -0.2) is 33.2 Å². The van der Waals surface area contributed by atoms with Gasteiger partial charge < -0.3 is 9.30 Å². The van der Waals surface area contributed by atoms with Gasteiger partial charge in [0.25, 0.3) is 0 Å². The fourth-order valence-electron chi connectivity index (χ4n) is 1.63. The summed E-state index contributed by atoms with van der Waals surface area (Å²) in [4.78, 5) is 0. The van der Waals surface area contributed by atoms with Crippen LogP contribution >= 0.6 is 11.8 Å². The third-order valence-electron chi connectivity index (χ3n) is 2.52. The molecule has 0 aromatic carbocycles. The van der Waals surface area contributed by atoms with Crippen molar-refractivity contribution in [3.8, 4) is 0 Å². The summed E-state index contributed by atoms with van der Waals surface area (Å²) in [5, 5.41) is 9.06. The molecular formula is C10H17N3OS. The minimum absolute atomic E-state index is 0.410. The van der Waals surface area contributed by atoms with E-state index in [9.17, 15) is 0 Å². The largest absolute Gasteiger partial charge is 0.377 e. The average Bonchev–Trinajstić information content (AvgIpc) is 2.86. The Morgan fingerprint density at radius 3 is 3.20 bits per heavy atom. The summed E-state index contributed by atoms with van der Waals surface area (Å²) in [5.41, 5.74) is 0. The topological polar surface area (TPSA) is 39.9 Å². The highest BCUT2D eigenvalue weighted by molar-refractivity contribution is 7.99. The number of thioether (sulfide) groups is 1. The molecular weight excluding hydrogens is 210 g/mol. The molecule has 1 saturated heterocycles. The normalized spacial score (nSPS) is 21.4. The summed E-state index contributed by atoms with van der Waals surface area (Å²) >= 11 is 1.74. The van der Waals surface area contributed by atoms with Crippen LogP contribution in [-0.2, 0) is 4.74 Å². The highest BCUT2D eigenvalue weighted by atomic mass is 32.2. The number of aromatic nitrogens is 3. The van der Waals surface area contributed by atoms with Crippen LogP contribution in [0.2, 0.25) is 0 Å². The smallest absolute Gasteiger partial charge is 0.191 e. The number of nitrogens with zero attached hydrogens (tertiary/aromatic N) is 3. The first-order valence-electron chi connectivity index (χ1n) is 5.41. The van der Waals surface area contributed by atoms with E-state index in [4.69, 9.17) is 4.74 Å². The molecule has 1 aromatic heterocycles. The molecule has 1 fully saturated rings. The van der Waals surface area contributed by atoms with Crippen LogP contribution in [0.1, 0.15) is 32.7 Å². The number of rotatable bonds is 4. The van der Waals surface area contributed by atoms with Gasteiger partial charge in [0.05, 0.1) is 6.10 Å². The molecule has 1 unspecified atom stereocenters. The minimum atomic E-state index is 0.410. The number of ether oxygens (including phenoxy) is 1. The molecule has 84 valence electrons. The first kappa shape index (κ1) is 11.0. The summed E-state index contributed by atoms with van der Waals surface area (Å²) in [5.74, 6) is 0.991. The van der Waals surface area contributed by atoms with Gasteiger partial charge in [-0.15, -0.1) is 10.2 Å². The molecule has 4 nitrogen and oxygen atoms in total. The van der Waals surface area contributed by atoms with Crippen molar-refractivity contribution < 1.29 is 4.74 Å². The lowest BCUT2D eigenvalue weighted by Gasteiger charge is -2.11. The van der Waals surface area contributed by atoms with E-state index in [1.165, 1.54) is 12.8 Å². The SMILES string of the molecule is CC(C)n1cnnc1SCC1CCCO1. The lowest BCUT2D eigenvalue weighted by molar-refractivity contribution is 0.129. The van der Waals surface area contributed by atoms with Gasteiger partial charge in [-0.25, -0.2) is 0 Å². The number of hydrogen-bond donors (Lipinski definition) is 0. The molecule has 0 aliphatic carbocycles. The van der Waals surface area contributed by atoms with Gasteiger partial charge in [-0.2, -0.15) is 0 Å². The summed E-state index contributed by atoms with van der Waals surface area (Å²) < 4.78 is 7.67. The van der Waals surface area contributed by atoms with Crippen LogP contribution in [0.25, 0.3) is 0 Å². The Kier molecular flexibility index (Phi) is 3.64. The van der Waals surface area contributed by atoms with E-state index in [2.05, 4.69) is 28.6 Å². The second-order valence-corrected chi connectivity index (χ2v) is 5.05. The Bertz CT molecular complexity index is 307. The van der Waals surface area contributed by atoms with Crippen molar-refractivity contribution in [1.29, 1.82) is 0 Å². The van der Waals surface area contributed by atoms with Crippen molar-refractivity contribution in [2.45, 2.75) is 44.0 Å². The molecule has 0 N–H and O–H groups in total. The molecule has 1 aliphatic rings. The second kappa shape index (κ2) is 4.99. The fraction of sp³-hybridized carbons (Fsp3) is 0.800. The van der Waals surface area contributed by atoms with E-state index in [0.717, 1.165) is 17.5 Å².